The number of ether oxygens (including phenoxy) is 1. The SMILES string of the molecule is NC(=O)NC(=O)COc1cccc2c1CCCN2. The van der Waals surface area contributed by atoms with Gasteiger partial charge in [-0.3, -0.25) is 10.1 Å². The molecule has 3 amide bonds. The summed E-state index contributed by atoms with van der Waals surface area (Å²) in [4.78, 5) is 21.7. The third kappa shape index (κ3) is 2.91. The first-order valence-electron chi connectivity index (χ1n) is 5.74. The van der Waals surface area contributed by atoms with Gasteiger partial charge in [0, 0.05) is 17.8 Å². The topological polar surface area (TPSA) is 93.5 Å². The van der Waals surface area contributed by atoms with Gasteiger partial charge in [0.15, 0.2) is 6.61 Å². The number of nitrogens with two attached hydrogens (primary N) is 1. The Labute approximate surface area is 104 Å². The van der Waals surface area contributed by atoms with Crippen LogP contribution < -0.4 is 21.1 Å². The average molecular weight is 249 g/mol. The first-order valence-corrected chi connectivity index (χ1v) is 5.74. The average Bonchev–Trinajstić information content (AvgIpc) is 2.35. The smallest absolute Gasteiger partial charge is 0.318 e. The Hall–Kier alpha value is -2.24. The molecule has 1 aliphatic rings. The maximum absolute atomic E-state index is 11.2. The summed E-state index contributed by atoms with van der Waals surface area (Å²) in [5.74, 6) is 0.114. The van der Waals surface area contributed by atoms with Gasteiger partial charge in [-0.05, 0) is 25.0 Å². The zero-order valence-corrected chi connectivity index (χ0v) is 9.86. The largest absolute Gasteiger partial charge is 0.483 e. The number of carbonyl (C=O) groups excluding carboxylic acids is 2. The van der Waals surface area contributed by atoms with E-state index in [1.165, 1.54) is 0 Å². The van der Waals surface area contributed by atoms with Crippen molar-refractivity contribution >= 4 is 17.6 Å². The van der Waals surface area contributed by atoms with Crippen molar-refractivity contribution in [3.05, 3.63) is 23.8 Å². The van der Waals surface area contributed by atoms with E-state index in [1.54, 1.807) is 0 Å². The summed E-state index contributed by atoms with van der Waals surface area (Å²) in [5, 5.41) is 5.22. The van der Waals surface area contributed by atoms with Crippen molar-refractivity contribution in [2.45, 2.75) is 12.8 Å². The molecule has 0 aromatic heterocycles. The highest BCUT2D eigenvalue weighted by Gasteiger charge is 2.14. The zero-order valence-electron chi connectivity index (χ0n) is 9.86. The van der Waals surface area contributed by atoms with Crippen LogP contribution in [-0.2, 0) is 11.2 Å². The van der Waals surface area contributed by atoms with Crippen LogP contribution >= 0.6 is 0 Å². The first-order chi connectivity index (χ1) is 8.66. The summed E-state index contributed by atoms with van der Waals surface area (Å²) in [7, 11) is 0. The van der Waals surface area contributed by atoms with Crippen LogP contribution in [0.15, 0.2) is 18.2 Å². The lowest BCUT2D eigenvalue weighted by Crippen LogP contribution is -2.38. The van der Waals surface area contributed by atoms with Gasteiger partial charge in [-0.25, -0.2) is 4.79 Å². The van der Waals surface area contributed by atoms with Crippen LogP contribution in [0, 0.1) is 0 Å². The van der Waals surface area contributed by atoms with E-state index in [0.717, 1.165) is 30.6 Å². The van der Waals surface area contributed by atoms with Crippen molar-refractivity contribution in [2.75, 3.05) is 18.5 Å². The number of fused-ring (bicyclic) bond motifs is 1. The number of imide groups is 1. The first kappa shape index (κ1) is 12.2. The Morgan fingerprint density at radius 2 is 2.28 bits per heavy atom. The normalized spacial score (nSPS) is 13.1. The van der Waals surface area contributed by atoms with Crippen LogP contribution in [0.1, 0.15) is 12.0 Å². The molecule has 18 heavy (non-hydrogen) atoms. The van der Waals surface area contributed by atoms with Crippen molar-refractivity contribution in [1.29, 1.82) is 0 Å². The van der Waals surface area contributed by atoms with Gasteiger partial charge in [0.25, 0.3) is 5.91 Å². The summed E-state index contributed by atoms with van der Waals surface area (Å²) >= 11 is 0. The summed E-state index contributed by atoms with van der Waals surface area (Å²) in [6.45, 7) is 0.720. The number of nitrogens with one attached hydrogen (secondary N) is 2. The van der Waals surface area contributed by atoms with Crippen LogP contribution in [0.4, 0.5) is 10.5 Å². The molecule has 96 valence electrons. The number of rotatable bonds is 3. The van der Waals surface area contributed by atoms with Crippen LogP contribution in [0.3, 0.4) is 0 Å². The summed E-state index contributed by atoms with van der Waals surface area (Å²) in [6, 6.07) is 4.77. The van der Waals surface area contributed by atoms with Gasteiger partial charge in [0.2, 0.25) is 0 Å². The molecule has 0 atom stereocenters. The molecule has 0 bridgehead atoms. The molecule has 1 aromatic carbocycles. The fraction of sp³-hybridized carbons (Fsp3) is 0.333. The van der Waals surface area contributed by atoms with E-state index in [-0.39, 0.29) is 6.61 Å². The highest BCUT2D eigenvalue weighted by Crippen LogP contribution is 2.30. The lowest BCUT2D eigenvalue weighted by atomic mass is 10.0. The van der Waals surface area contributed by atoms with E-state index >= 15 is 0 Å². The molecule has 1 heterocycles. The van der Waals surface area contributed by atoms with Crippen LogP contribution in [-0.4, -0.2) is 25.1 Å². The number of carbonyl (C=O) groups is 2. The second-order valence-electron chi connectivity index (χ2n) is 4.01. The molecule has 4 N–H and O–H groups in total. The third-order valence-electron chi connectivity index (χ3n) is 2.67. The highest BCUT2D eigenvalue weighted by atomic mass is 16.5. The van der Waals surface area contributed by atoms with Crippen molar-refractivity contribution in [2.24, 2.45) is 5.73 Å². The van der Waals surface area contributed by atoms with Gasteiger partial charge >= 0.3 is 6.03 Å². The standard InChI is InChI=1S/C12H15N3O3/c13-12(17)15-11(16)7-18-10-5-1-4-9-8(10)3-2-6-14-9/h1,4-5,14H,2-3,6-7H2,(H3,13,15,16,17). The number of benzene rings is 1. The fourth-order valence-corrected chi connectivity index (χ4v) is 1.93. The van der Waals surface area contributed by atoms with Gasteiger partial charge in [-0.15, -0.1) is 0 Å². The molecule has 0 saturated heterocycles. The number of primary amides is 1. The summed E-state index contributed by atoms with van der Waals surface area (Å²) in [6.07, 6.45) is 1.94. The monoisotopic (exact) mass is 249 g/mol. The molecular weight excluding hydrogens is 234 g/mol. The molecule has 2 rings (SSSR count). The molecule has 6 heteroatoms. The number of anilines is 1. The lowest BCUT2D eigenvalue weighted by Gasteiger charge is -2.20. The molecule has 0 fully saturated rings. The molecule has 1 aliphatic heterocycles. The van der Waals surface area contributed by atoms with Crippen molar-refractivity contribution in [1.82, 2.24) is 5.32 Å². The van der Waals surface area contributed by atoms with Crippen LogP contribution in [0.25, 0.3) is 0 Å². The molecule has 0 saturated carbocycles. The van der Waals surface area contributed by atoms with E-state index in [0.29, 0.717) is 5.75 Å². The van der Waals surface area contributed by atoms with Crippen molar-refractivity contribution in [3.8, 4) is 5.75 Å². The number of hydrogen-bond acceptors (Lipinski definition) is 4. The number of urea groups is 1. The van der Waals surface area contributed by atoms with E-state index in [1.807, 2.05) is 23.5 Å². The minimum Gasteiger partial charge on any atom is -0.483 e. The maximum Gasteiger partial charge on any atom is 0.318 e. The van der Waals surface area contributed by atoms with E-state index in [9.17, 15) is 9.59 Å². The molecule has 0 unspecified atom stereocenters. The van der Waals surface area contributed by atoms with Gasteiger partial charge in [0.05, 0.1) is 0 Å². The van der Waals surface area contributed by atoms with Gasteiger partial charge in [-0.1, -0.05) is 6.07 Å². The maximum atomic E-state index is 11.2. The van der Waals surface area contributed by atoms with E-state index in [2.05, 4.69) is 5.32 Å². The molecular formula is C12H15N3O3. The Balaban J connectivity index is 2.01. The van der Waals surface area contributed by atoms with Crippen LogP contribution in [0.2, 0.25) is 0 Å². The zero-order chi connectivity index (χ0) is 13.0. The Kier molecular flexibility index (Phi) is 3.66. The van der Waals surface area contributed by atoms with Crippen molar-refractivity contribution in [3.63, 3.8) is 0 Å². The Morgan fingerprint density at radius 1 is 1.44 bits per heavy atom. The second kappa shape index (κ2) is 5.39. The van der Waals surface area contributed by atoms with Crippen LogP contribution in [0.5, 0.6) is 5.75 Å². The van der Waals surface area contributed by atoms with E-state index < -0.39 is 11.9 Å². The predicted octanol–water partition coefficient (Wildman–Crippen LogP) is 0.618. The lowest BCUT2D eigenvalue weighted by molar-refractivity contribution is -0.121. The summed E-state index contributed by atoms with van der Waals surface area (Å²) in [5.41, 5.74) is 6.94. The molecule has 0 radical (unpaired) electrons. The molecule has 6 nitrogen and oxygen atoms in total. The minimum absolute atomic E-state index is 0.223. The van der Waals surface area contributed by atoms with Gasteiger partial charge < -0.3 is 15.8 Å². The van der Waals surface area contributed by atoms with E-state index in [4.69, 9.17) is 10.5 Å². The molecule has 0 spiro atoms. The number of hydrogen-bond donors (Lipinski definition) is 3. The molecule has 0 aliphatic carbocycles. The Morgan fingerprint density at radius 3 is 3.06 bits per heavy atom. The minimum atomic E-state index is -0.875. The second-order valence-corrected chi connectivity index (χ2v) is 4.01. The highest BCUT2D eigenvalue weighted by molar-refractivity contribution is 5.94. The Bertz CT molecular complexity index is 474. The quantitative estimate of drug-likeness (QED) is 0.732. The third-order valence-corrected chi connectivity index (χ3v) is 2.67. The van der Waals surface area contributed by atoms with Gasteiger partial charge in [0.1, 0.15) is 5.75 Å². The van der Waals surface area contributed by atoms with Gasteiger partial charge in [-0.2, -0.15) is 0 Å². The predicted molar refractivity (Wildman–Crippen MR) is 66.5 cm³/mol. The molecule has 1 aromatic rings. The number of amides is 3. The van der Waals surface area contributed by atoms with Crippen molar-refractivity contribution < 1.29 is 14.3 Å². The fourth-order valence-electron chi connectivity index (χ4n) is 1.93. The summed E-state index contributed by atoms with van der Waals surface area (Å²) < 4.78 is 5.41.